The summed E-state index contributed by atoms with van der Waals surface area (Å²) in [6.45, 7) is 7.47. The van der Waals surface area contributed by atoms with Crippen LogP contribution in [-0.4, -0.2) is 28.5 Å². The molecular weight excluding hydrogens is 126 g/mol. The molecule has 0 saturated heterocycles. The monoisotopic (exact) mass is 136 g/mol. The lowest BCUT2D eigenvalue weighted by Gasteiger charge is -1.92. The smallest absolute Gasteiger partial charge is 0.222 e. The fraction of sp³-hybridized carbons (Fsp3) is 0.143. The lowest BCUT2D eigenvalue weighted by Crippen LogP contribution is -1.99. The summed E-state index contributed by atoms with van der Waals surface area (Å²) in [4.78, 5) is 0. The van der Waals surface area contributed by atoms with E-state index in [1.165, 1.54) is 0 Å². The van der Waals surface area contributed by atoms with Crippen LogP contribution in [0.2, 0.25) is 0 Å². The molecule has 1 heterocycles. The van der Waals surface area contributed by atoms with Crippen LogP contribution in [0.5, 0.6) is 0 Å². The van der Waals surface area contributed by atoms with Crippen LogP contribution < -0.4 is 0 Å². The summed E-state index contributed by atoms with van der Waals surface area (Å²) in [5, 5.41) is 6.57. The van der Waals surface area contributed by atoms with Gasteiger partial charge in [-0.1, -0.05) is 0 Å². The predicted molar refractivity (Wildman–Crippen MR) is 40.9 cm³/mol. The summed E-state index contributed by atoms with van der Waals surface area (Å²) in [5.41, 5.74) is 1.73. The molecule has 0 bridgehead atoms. The van der Waals surface area contributed by atoms with Gasteiger partial charge in [-0.05, 0) is 12.6 Å². The molecule has 0 radical (unpaired) electrons. The minimum Gasteiger partial charge on any atom is -0.272 e. The zero-order chi connectivity index (χ0) is 7.56. The topological polar surface area (TPSA) is 31.7 Å². The molecule has 1 aromatic heterocycles. The molecule has 0 aliphatic rings. The van der Waals surface area contributed by atoms with Gasteiger partial charge in [-0.2, -0.15) is 5.10 Å². The number of aromatic nitrogens is 2. The van der Waals surface area contributed by atoms with E-state index in [2.05, 4.69) is 23.5 Å². The number of hydrogen-bond donors (Lipinski definition) is 1. The number of hydrogen-bond acceptors (Lipinski definition) is 1. The lowest BCUT2D eigenvalue weighted by atomic mass is 10.3. The quantitative estimate of drug-likeness (QED) is 0.471. The average Bonchev–Trinajstić information content (AvgIpc) is 2.36. The van der Waals surface area contributed by atoms with Crippen molar-refractivity contribution in [3.8, 4) is 0 Å². The van der Waals surface area contributed by atoms with E-state index < -0.39 is 0 Å². The third-order valence-electron chi connectivity index (χ3n) is 1.27. The van der Waals surface area contributed by atoms with Gasteiger partial charge in [0.05, 0.1) is 0 Å². The standard InChI is InChI=1S/C7H10N3/c1-6(10(2)3)7-4-5-8-9-7/h4-5H,1-2H2,3H3,(H,8,9)/q+1. The number of aromatic amines is 1. The van der Waals surface area contributed by atoms with E-state index in [0.29, 0.717) is 0 Å². The third-order valence-corrected chi connectivity index (χ3v) is 1.27. The second-order valence-electron chi connectivity index (χ2n) is 2.11. The van der Waals surface area contributed by atoms with Crippen LogP contribution in [0.4, 0.5) is 0 Å². The largest absolute Gasteiger partial charge is 0.272 e. The maximum absolute atomic E-state index is 3.79. The highest BCUT2D eigenvalue weighted by atomic mass is 15.1. The van der Waals surface area contributed by atoms with E-state index in [4.69, 9.17) is 0 Å². The highest BCUT2D eigenvalue weighted by molar-refractivity contribution is 5.52. The Morgan fingerprint density at radius 1 is 1.80 bits per heavy atom. The van der Waals surface area contributed by atoms with Crippen molar-refractivity contribution in [2.75, 3.05) is 7.05 Å². The Kier molecular flexibility index (Phi) is 1.67. The first kappa shape index (κ1) is 6.74. The van der Waals surface area contributed by atoms with Gasteiger partial charge < -0.3 is 0 Å². The van der Waals surface area contributed by atoms with Gasteiger partial charge in [0.15, 0.2) is 0 Å². The highest BCUT2D eigenvalue weighted by Gasteiger charge is 2.05. The van der Waals surface area contributed by atoms with Crippen molar-refractivity contribution in [1.29, 1.82) is 0 Å². The van der Waals surface area contributed by atoms with Crippen LogP contribution in [-0.2, 0) is 0 Å². The van der Waals surface area contributed by atoms with Gasteiger partial charge in [0.25, 0.3) is 0 Å². The first-order chi connectivity index (χ1) is 4.72. The molecule has 0 aliphatic carbocycles. The molecule has 52 valence electrons. The predicted octanol–water partition coefficient (Wildman–Crippen LogP) is 0.723. The lowest BCUT2D eigenvalue weighted by molar-refractivity contribution is -0.385. The zero-order valence-corrected chi connectivity index (χ0v) is 5.96. The summed E-state index contributed by atoms with van der Waals surface area (Å²) in [5.74, 6) is 0. The Labute approximate surface area is 59.7 Å². The molecule has 1 aromatic rings. The Morgan fingerprint density at radius 3 is 2.90 bits per heavy atom. The fourth-order valence-electron chi connectivity index (χ4n) is 0.622. The molecule has 0 atom stereocenters. The van der Waals surface area contributed by atoms with Crippen molar-refractivity contribution in [2.45, 2.75) is 0 Å². The van der Waals surface area contributed by atoms with Crippen LogP contribution in [0, 0.1) is 0 Å². The Bertz CT molecular complexity index is 246. The molecule has 0 amide bonds. The summed E-state index contributed by atoms with van der Waals surface area (Å²) in [6.07, 6.45) is 1.68. The molecule has 0 saturated carbocycles. The molecule has 0 unspecified atom stereocenters. The number of rotatable bonds is 2. The van der Waals surface area contributed by atoms with Crippen molar-refractivity contribution < 1.29 is 4.58 Å². The van der Waals surface area contributed by atoms with E-state index in [-0.39, 0.29) is 0 Å². The molecule has 0 aromatic carbocycles. The van der Waals surface area contributed by atoms with E-state index in [9.17, 15) is 0 Å². The molecule has 1 rings (SSSR count). The Morgan fingerprint density at radius 2 is 2.50 bits per heavy atom. The molecule has 3 nitrogen and oxygen atoms in total. The molecule has 0 fully saturated rings. The van der Waals surface area contributed by atoms with Gasteiger partial charge in [0.1, 0.15) is 19.5 Å². The summed E-state index contributed by atoms with van der Waals surface area (Å²) < 4.78 is 1.69. The summed E-state index contributed by atoms with van der Waals surface area (Å²) in [6, 6.07) is 1.85. The van der Waals surface area contributed by atoms with E-state index in [1.54, 1.807) is 10.8 Å². The van der Waals surface area contributed by atoms with Gasteiger partial charge >= 0.3 is 0 Å². The highest BCUT2D eigenvalue weighted by Crippen LogP contribution is 2.05. The SMILES string of the molecule is C=C(c1ccn[nH]1)[N+](=C)C. The Balaban J connectivity index is 2.88. The molecule has 1 N–H and O–H groups in total. The number of nitrogens with zero attached hydrogens (tertiary/aromatic N) is 2. The summed E-state index contributed by atoms with van der Waals surface area (Å²) in [7, 11) is 1.84. The second-order valence-corrected chi connectivity index (χ2v) is 2.11. The van der Waals surface area contributed by atoms with Gasteiger partial charge in [-0.25, -0.2) is 4.58 Å². The van der Waals surface area contributed by atoms with Gasteiger partial charge in [-0.3, -0.25) is 5.10 Å². The first-order valence-electron chi connectivity index (χ1n) is 2.94. The van der Waals surface area contributed by atoms with Crippen LogP contribution in [0.15, 0.2) is 18.8 Å². The maximum atomic E-state index is 3.79. The normalized spacial score (nSPS) is 9.30. The van der Waals surface area contributed by atoms with E-state index in [0.717, 1.165) is 11.4 Å². The molecule has 3 heteroatoms. The minimum atomic E-state index is 0.831. The fourth-order valence-corrected chi connectivity index (χ4v) is 0.622. The minimum absolute atomic E-state index is 0.831. The van der Waals surface area contributed by atoms with Crippen LogP contribution in [0.1, 0.15) is 5.69 Å². The van der Waals surface area contributed by atoms with Crippen molar-refractivity contribution in [2.24, 2.45) is 0 Å². The number of nitrogens with one attached hydrogen (secondary N) is 1. The van der Waals surface area contributed by atoms with Crippen molar-refractivity contribution >= 4 is 12.4 Å². The average molecular weight is 136 g/mol. The van der Waals surface area contributed by atoms with Crippen LogP contribution in [0.25, 0.3) is 5.70 Å². The molecular formula is C7H10N3+. The van der Waals surface area contributed by atoms with Crippen molar-refractivity contribution in [3.63, 3.8) is 0 Å². The summed E-state index contributed by atoms with van der Waals surface area (Å²) >= 11 is 0. The van der Waals surface area contributed by atoms with Crippen LogP contribution >= 0.6 is 0 Å². The third kappa shape index (κ3) is 1.13. The Hall–Kier alpha value is -1.38. The van der Waals surface area contributed by atoms with Crippen molar-refractivity contribution in [1.82, 2.24) is 10.2 Å². The second kappa shape index (κ2) is 2.47. The van der Waals surface area contributed by atoms with E-state index >= 15 is 0 Å². The molecule has 0 aliphatic heterocycles. The molecule has 0 spiro atoms. The van der Waals surface area contributed by atoms with Crippen LogP contribution in [0.3, 0.4) is 0 Å². The van der Waals surface area contributed by atoms with E-state index in [1.807, 2.05) is 13.1 Å². The number of H-pyrrole nitrogens is 1. The zero-order valence-electron chi connectivity index (χ0n) is 5.96. The first-order valence-corrected chi connectivity index (χ1v) is 2.94. The van der Waals surface area contributed by atoms with Crippen molar-refractivity contribution in [3.05, 3.63) is 24.5 Å². The maximum Gasteiger partial charge on any atom is 0.222 e. The van der Waals surface area contributed by atoms with Gasteiger partial charge in [-0.15, -0.1) is 0 Å². The van der Waals surface area contributed by atoms with Gasteiger partial charge in [0.2, 0.25) is 5.70 Å². The van der Waals surface area contributed by atoms with Gasteiger partial charge in [0, 0.05) is 6.20 Å². The molecule has 10 heavy (non-hydrogen) atoms.